The van der Waals surface area contributed by atoms with Crippen LogP contribution in [0.3, 0.4) is 0 Å². The monoisotopic (exact) mass is 465 g/mol. The number of hydrogen-bond acceptors (Lipinski definition) is 5. The first-order chi connectivity index (χ1) is 15.4. The molecule has 1 heterocycles. The number of esters is 1. The molecule has 8 heteroatoms. The molecule has 0 aliphatic heterocycles. The molecule has 0 fully saturated rings. The summed E-state index contributed by atoms with van der Waals surface area (Å²) in [5.41, 5.74) is 2.60. The zero-order chi connectivity index (χ0) is 22.7. The molecule has 0 aliphatic rings. The van der Waals surface area contributed by atoms with Crippen molar-refractivity contribution in [2.75, 3.05) is 5.32 Å². The highest BCUT2D eigenvalue weighted by Crippen LogP contribution is 2.26. The molecule has 0 unspecified atom stereocenters. The predicted octanol–water partition coefficient (Wildman–Crippen LogP) is 6.07. The Bertz CT molecular complexity index is 1400. The van der Waals surface area contributed by atoms with Crippen molar-refractivity contribution in [2.45, 2.75) is 6.92 Å². The van der Waals surface area contributed by atoms with Crippen LogP contribution in [0.1, 0.15) is 18.1 Å². The fraction of sp³-hybridized carbons (Fsp3) is 0.0417. The number of rotatable bonds is 5. The average Bonchev–Trinajstić information content (AvgIpc) is 2.76. The van der Waals surface area contributed by atoms with Crippen molar-refractivity contribution >= 4 is 63.9 Å². The van der Waals surface area contributed by atoms with E-state index in [0.717, 1.165) is 11.1 Å². The first kappa shape index (κ1) is 21.6. The Kier molecular flexibility index (Phi) is 6.25. The second-order valence-corrected chi connectivity index (χ2v) is 7.72. The number of fused-ring (bicyclic) bond motifs is 1. The maximum Gasteiger partial charge on any atom is 0.308 e. The lowest BCUT2D eigenvalue weighted by Crippen LogP contribution is -2.11. The van der Waals surface area contributed by atoms with Crippen LogP contribution in [0.25, 0.3) is 23.1 Å². The minimum atomic E-state index is -0.370. The lowest BCUT2D eigenvalue weighted by Gasteiger charge is -2.08. The molecule has 0 saturated carbocycles. The number of aromatic nitrogens is 2. The first-order valence-corrected chi connectivity index (χ1v) is 10.4. The number of benzene rings is 3. The van der Waals surface area contributed by atoms with Crippen molar-refractivity contribution in [2.24, 2.45) is 0 Å². The van der Waals surface area contributed by atoms with Gasteiger partial charge in [-0.1, -0.05) is 59.6 Å². The van der Waals surface area contributed by atoms with Gasteiger partial charge in [-0.15, -0.1) is 0 Å². The Hall–Kier alpha value is -3.61. The van der Waals surface area contributed by atoms with Gasteiger partial charge in [0.2, 0.25) is 5.95 Å². The van der Waals surface area contributed by atoms with Gasteiger partial charge in [-0.2, -0.15) is 0 Å². The van der Waals surface area contributed by atoms with E-state index in [4.69, 9.17) is 27.9 Å². The van der Waals surface area contributed by atoms with Gasteiger partial charge in [-0.3, -0.25) is 14.6 Å². The van der Waals surface area contributed by atoms with Crippen LogP contribution in [0.5, 0.6) is 5.75 Å². The van der Waals surface area contributed by atoms with Gasteiger partial charge in [0.15, 0.2) is 0 Å². The summed E-state index contributed by atoms with van der Waals surface area (Å²) in [7, 11) is 0. The number of carbonyl (C=O) groups is 1. The molecule has 4 rings (SSSR count). The van der Waals surface area contributed by atoms with E-state index in [1.54, 1.807) is 42.5 Å². The van der Waals surface area contributed by atoms with Crippen LogP contribution in [-0.2, 0) is 4.79 Å². The molecule has 0 amide bonds. The molecular formula is C24H17Cl2N3O3. The molecule has 0 radical (unpaired) electrons. The fourth-order valence-electron chi connectivity index (χ4n) is 3.09. The van der Waals surface area contributed by atoms with Crippen molar-refractivity contribution in [1.82, 2.24) is 9.97 Å². The summed E-state index contributed by atoms with van der Waals surface area (Å²) in [6.07, 6.45) is 3.76. The van der Waals surface area contributed by atoms with Gasteiger partial charge in [-0.25, -0.2) is 4.98 Å². The Labute approximate surface area is 193 Å². The number of para-hydroxylation sites is 1. The summed E-state index contributed by atoms with van der Waals surface area (Å²) < 4.78 is 5.04. The molecule has 32 heavy (non-hydrogen) atoms. The normalized spacial score (nSPS) is 11.1. The molecule has 0 spiro atoms. The Morgan fingerprint density at radius 3 is 2.53 bits per heavy atom. The predicted molar refractivity (Wildman–Crippen MR) is 129 cm³/mol. The van der Waals surface area contributed by atoms with Gasteiger partial charge in [0.05, 0.1) is 20.9 Å². The number of halogens is 2. The van der Waals surface area contributed by atoms with Crippen molar-refractivity contribution < 1.29 is 9.53 Å². The maximum absolute atomic E-state index is 12.6. The molecule has 1 aromatic heterocycles. The molecule has 4 aromatic rings. The van der Waals surface area contributed by atoms with Crippen LogP contribution in [0.4, 0.5) is 11.6 Å². The molecule has 6 nitrogen and oxygen atoms in total. The summed E-state index contributed by atoms with van der Waals surface area (Å²) in [4.78, 5) is 31.0. The fourth-order valence-corrected chi connectivity index (χ4v) is 3.39. The smallest absolute Gasteiger partial charge is 0.308 e. The number of nitrogens with zero attached hydrogens (tertiary/aromatic N) is 1. The van der Waals surface area contributed by atoms with Crippen molar-refractivity contribution in [3.8, 4) is 5.75 Å². The van der Waals surface area contributed by atoms with Gasteiger partial charge >= 0.3 is 5.97 Å². The molecule has 0 atom stereocenters. The van der Waals surface area contributed by atoms with Crippen LogP contribution >= 0.6 is 23.2 Å². The Morgan fingerprint density at radius 2 is 1.81 bits per heavy atom. The molecule has 0 bridgehead atoms. The summed E-state index contributed by atoms with van der Waals surface area (Å²) in [6.45, 7) is 1.35. The van der Waals surface area contributed by atoms with E-state index in [-0.39, 0.29) is 17.5 Å². The lowest BCUT2D eigenvalue weighted by molar-refractivity contribution is -0.131. The third-order valence-corrected chi connectivity index (χ3v) is 5.29. The van der Waals surface area contributed by atoms with Gasteiger partial charge < -0.3 is 10.1 Å². The maximum atomic E-state index is 12.6. The van der Waals surface area contributed by atoms with Crippen LogP contribution in [-0.4, -0.2) is 15.9 Å². The summed E-state index contributed by atoms with van der Waals surface area (Å²) in [5, 5.41) is 4.35. The van der Waals surface area contributed by atoms with E-state index in [2.05, 4.69) is 15.3 Å². The highest BCUT2D eigenvalue weighted by atomic mass is 35.5. The average molecular weight is 466 g/mol. The SMILES string of the molecule is CC(=O)Oc1ccc(/C=C/c2cccc3c(=O)[nH]c(Nc4ccc(Cl)c(Cl)c4)nc23)cc1. The van der Waals surface area contributed by atoms with E-state index in [1.165, 1.54) is 6.92 Å². The number of hydrogen-bond donors (Lipinski definition) is 2. The summed E-state index contributed by atoms with van der Waals surface area (Å²) in [6, 6.07) is 17.5. The van der Waals surface area contributed by atoms with Crippen molar-refractivity contribution in [1.29, 1.82) is 0 Å². The number of carbonyl (C=O) groups excluding carboxylic acids is 1. The van der Waals surface area contributed by atoms with E-state index in [9.17, 15) is 9.59 Å². The quantitative estimate of drug-likeness (QED) is 0.212. The highest BCUT2D eigenvalue weighted by Gasteiger charge is 2.08. The number of aromatic amines is 1. The second-order valence-electron chi connectivity index (χ2n) is 6.91. The first-order valence-electron chi connectivity index (χ1n) is 9.61. The van der Waals surface area contributed by atoms with Crippen LogP contribution in [0, 0.1) is 0 Å². The largest absolute Gasteiger partial charge is 0.427 e. The number of nitrogens with one attached hydrogen (secondary N) is 2. The van der Waals surface area contributed by atoms with Crippen molar-refractivity contribution in [3.63, 3.8) is 0 Å². The standard InChI is InChI=1S/C24H17Cl2N3O3/c1-14(30)32-18-10-6-15(7-11-18)5-8-16-3-2-4-19-22(16)28-24(29-23(19)31)27-17-9-12-20(25)21(26)13-17/h2-13H,1H3,(H2,27,28,29,31)/b8-5+. The number of ether oxygens (including phenoxy) is 1. The Morgan fingerprint density at radius 1 is 1.03 bits per heavy atom. The number of anilines is 2. The molecule has 0 aliphatic carbocycles. The van der Waals surface area contributed by atoms with Crippen LogP contribution in [0.15, 0.2) is 65.5 Å². The molecule has 0 saturated heterocycles. The third-order valence-electron chi connectivity index (χ3n) is 4.55. The molecule has 3 aromatic carbocycles. The zero-order valence-electron chi connectivity index (χ0n) is 16.9. The topological polar surface area (TPSA) is 84.1 Å². The summed E-state index contributed by atoms with van der Waals surface area (Å²) in [5.74, 6) is 0.393. The van der Waals surface area contributed by atoms with E-state index >= 15 is 0 Å². The number of H-pyrrole nitrogens is 1. The van der Waals surface area contributed by atoms with Crippen LogP contribution < -0.4 is 15.6 Å². The molecular weight excluding hydrogens is 449 g/mol. The van der Waals surface area contributed by atoms with Crippen molar-refractivity contribution in [3.05, 3.63) is 92.2 Å². The third kappa shape index (κ3) is 4.99. The van der Waals surface area contributed by atoms with E-state index < -0.39 is 0 Å². The molecule has 2 N–H and O–H groups in total. The lowest BCUT2D eigenvalue weighted by atomic mass is 10.1. The van der Waals surface area contributed by atoms with Gasteiger partial charge in [-0.05, 0) is 42.0 Å². The Balaban J connectivity index is 1.66. The van der Waals surface area contributed by atoms with Crippen LogP contribution in [0.2, 0.25) is 10.0 Å². The molecule has 160 valence electrons. The van der Waals surface area contributed by atoms with Gasteiger partial charge in [0.1, 0.15) is 5.75 Å². The van der Waals surface area contributed by atoms with E-state index in [0.29, 0.717) is 32.4 Å². The van der Waals surface area contributed by atoms with Gasteiger partial charge in [0.25, 0.3) is 5.56 Å². The zero-order valence-corrected chi connectivity index (χ0v) is 18.4. The van der Waals surface area contributed by atoms with E-state index in [1.807, 2.05) is 30.4 Å². The minimum Gasteiger partial charge on any atom is -0.427 e. The minimum absolute atomic E-state index is 0.265. The highest BCUT2D eigenvalue weighted by molar-refractivity contribution is 6.42. The second kappa shape index (κ2) is 9.26. The summed E-state index contributed by atoms with van der Waals surface area (Å²) >= 11 is 12.0. The van der Waals surface area contributed by atoms with Gasteiger partial charge in [0, 0.05) is 18.2 Å².